The minimum absolute atomic E-state index is 0.316. The Labute approximate surface area is 146 Å². The molecule has 0 unspecified atom stereocenters. The zero-order valence-electron chi connectivity index (χ0n) is 14.7. The second-order valence-electron chi connectivity index (χ2n) is 6.67. The summed E-state index contributed by atoms with van der Waals surface area (Å²) in [5, 5.41) is 13.4. The molecule has 0 saturated carbocycles. The number of rotatable bonds is 5. The van der Waals surface area contributed by atoms with Gasteiger partial charge in [-0.2, -0.15) is 0 Å². The monoisotopic (exact) mass is 346 g/mol. The molecule has 25 heavy (non-hydrogen) atoms. The fraction of sp³-hybridized carbons (Fsp3) is 0.421. The molecule has 1 aromatic carbocycles. The average Bonchev–Trinajstić information content (AvgIpc) is 2.57. The Morgan fingerprint density at radius 2 is 2.04 bits per heavy atom. The molecule has 2 aromatic rings. The summed E-state index contributed by atoms with van der Waals surface area (Å²) in [4.78, 5) is 4.40. The van der Waals surface area contributed by atoms with Crippen LogP contribution in [0.25, 0.3) is 0 Å². The van der Waals surface area contributed by atoms with E-state index >= 15 is 0 Å². The van der Waals surface area contributed by atoms with Crippen molar-refractivity contribution in [3.05, 3.63) is 58.7 Å². The molecule has 6 heteroatoms. The second kappa shape index (κ2) is 7.07. The first-order valence-electron chi connectivity index (χ1n) is 8.30. The van der Waals surface area contributed by atoms with Gasteiger partial charge in [-0.05, 0) is 30.2 Å². The highest BCUT2D eigenvalue weighted by Crippen LogP contribution is 2.35. The molecule has 1 aliphatic rings. The minimum atomic E-state index is -0.707. The molecular formula is C19H23FN2O3. The molecule has 1 aromatic heterocycles. The van der Waals surface area contributed by atoms with Gasteiger partial charge >= 0.3 is 0 Å². The number of nitrogens with zero attached hydrogens (tertiary/aromatic N) is 1. The highest BCUT2D eigenvalue weighted by Gasteiger charge is 2.30. The summed E-state index contributed by atoms with van der Waals surface area (Å²) in [6.45, 7) is 7.00. The first kappa shape index (κ1) is 17.8. The van der Waals surface area contributed by atoms with Crippen molar-refractivity contribution < 1.29 is 19.0 Å². The number of halogens is 1. The van der Waals surface area contributed by atoms with Crippen molar-refractivity contribution in [1.29, 1.82) is 0 Å². The first-order chi connectivity index (χ1) is 11.9. The van der Waals surface area contributed by atoms with Crippen molar-refractivity contribution in [2.75, 3.05) is 6.54 Å². The molecule has 0 bridgehead atoms. The highest BCUT2D eigenvalue weighted by molar-refractivity contribution is 5.42. The van der Waals surface area contributed by atoms with Gasteiger partial charge in [0.1, 0.15) is 11.6 Å². The van der Waals surface area contributed by atoms with Crippen LogP contribution >= 0.6 is 0 Å². The standard InChI is InChI=1S/C19H23FN2O3/c1-12-18-16(11-24-19(2,3)25-18)14(9-22-12)8-21-10-17(23)13-4-6-15(20)7-5-13/h4-7,9,17,21,23H,8,10-11H2,1-3H3/t17-/m1/s1. The number of aryl methyl sites for hydroxylation is 1. The van der Waals surface area contributed by atoms with Crippen LogP contribution in [0.5, 0.6) is 5.75 Å². The predicted molar refractivity (Wildman–Crippen MR) is 91.5 cm³/mol. The number of aliphatic hydroxyl groups excluding tert-OH is 1. The van der Waals surface area contributed by atoms with Crippen LogP contribution in [0.15, 0.2) is 30.5 Å². The van der Waals surface area contributed by atoms with Gasteiger partial charge in [0.25, 0.3) is 0 Å². The van der Waals surface area contributed by atoms with Crippen LogP contribution in [-0.2, 0) is 17.9 Å². The predicted octanol–water partition coefficient (Wildman–Crippen LogP) is 3.00. The van der Waals surface area contributed by atoms with E-state index in [0.717, 1.165) is 22.6 Å². The first-order valence-corrected chi connectivity index (χ1v) is 8.30. The third kappa shape index (κ3) is 4.15. The molecule has 2 heterocycles. The Balaban J connectivity index is 1.65. The van der Waals surface area contributed by atoms with Crippen molar-refractivity contribution >= 4 is 0 Å². The van der Waals surface area contributed by atoms with Crippen molar-refractivity contribution in [3.8, 4) is 5.75 Å². The van der Waals surface area contributed by atoms with Gasteiger partial charge in [0.05, 0.1) is 18.4 Å². The third-order valence-corrected chi connectivity index (χ3v) is 4.22. The van der Waals surface area contributed by atoms with E-state index in [1.807, 2.05) is 20.8 Å². The Kier molecular flexibility index (Phi) is 5.03. The number of benzene rings is 1. The molecule has 134 valence electrons. The second-order valence-corrected chi connectivity index (χ2v) is 6.67. The van der Waals surface area contributed by atoms with Crippen LogP contribution in [0.4, 0.5) is 4.39 Å². The van der Waals surface area contributed by atoms with Crippen LogP contribution in [-0.4, -0.2) is 22.4 Å². The van der Waals surface area contributed by atoms with Gasteiger partial charge < -0.3 is 19.9 Å². The number of nitrogens with one attached hydrogen (secondary N) is 1. The third-order valence-electron chi connectivity index (χ3n) is 4.22. The molecule has 0 radical (unpaired) electrons. The maximum Gasteiger partial charge on any atom is 0.205 e. The SMILES string of the molecule is Cc1ncc(CNC[C@@H](O)c2ccc(F)cc2)c2c1OC(C)(C)OC2. The van der Waals surface area contributed by atoms with E-state index in [0.29, 0.717) is 25.3 Å². The number of hydrogen-bond donors (Lipinski definition) is 2. The number of aliphatic hydroxyl groups is 1. The van der Waals surface area contributed by atoms with E-state index < -0.39 is 11.9 Å². The largest absolute Gasteiger partial charge is 0.461 e. The fourth-order valence-electron chi connectivity index (χ4n) is 2.79. The molecule has 3 rings (SSSR count). The summed E-state index contributed by atoms with van der Waals surface area (Å²) in [7, 11) is 0. The molecule has 0 fully saturated rings. The Morgan fingerprint density at radius 1 is 1.32 bits per heavy atom. The van der Waals surface area contributed by atoms with Crippen LogP contribution in [0.3, 0.4) is 0 Å². The molecule has 0 saturated heterocycles. The van der Waals surface area contributed by atoms with Crippen molar-refractivity contribution in [2.24, 2.45) is 0 Å². The maximum atomic E-state index is 12.9. The van der Waals surface area contributed by atoms with E-state index in [2.05, 4.69) is 10.3 Å². The normalized spacial score (nSPS) is 16.8. The molecule has 0 amide bonds. The smallest absolute Gasteiger partial charge is 0.205 e. The average molecular weight is 346 g/mol. The van der Waals surface area contributed by atoms with Gasteiger partial charge in [-0.25, -0.2) is 4.39 Å². The summed E-state index contributed by atoms with van der Waals surface area (Å²) in [6.07, 6.45) is 1.09. The Hall–Kier alpha value is -2.02. The molecule has 1 atom stereocenters. The summed E-state index contributed by atoms with van der Waals surface area (Å²) in [5.74, 6) is -0.205. The molecule has 2 N–H and O–H groups in total. The summed E-state index contributed by atoms with van der Waals surface area (Å²) in [5.41, 5.74) is 3.46. The van der Waals surface area contributed by atoms with Gasteiger partial charge in [-0.3, -0.25) is 4.98 Å². The highest BCUT2D eigenvalue weighted by atomic mass is 19.1. The lowest BCUT2D eigenvalue weighted by Crippen LogP contribution is -2.36. The van der Waals surface area contributed by atoms with Crippen molar-refractivity contribution in [1.82, 2.24) is 10.3 Å². The van der Waals surface area contributed by atoms with E-state index in [1.54, 1.807) is 18.3 Å². The van der Waals surface area contributed by atoms with Gasteiger partial charge in [0.2, 0.25) is 5.79 Å². The number of ether oxygens (including phenoxy) is 2. The summed E-state index contributed by atoms with van der Waals surface area (Å²) >= 11 is 0. The van der Waals surface area contributed by atoms with E-state index in [9.17, 15) is 9.50 Å². The topological polar surface area (TPSA) is 63.6 Å². The van der Waals surface area contributed by atoms with Gasteiger partial charge in [0, 0.05) is 38.7 Å². The van der Waals surface area contributed by atoms with E-state index in [-0.39, 0.29) is 5.82 Å². The minimum Gasteiger partial charge on any atom is -0.461 e. The lowest BCUT2D eigenvalue weighted by Gasteiger charge is -2.34. The summed E-state index contributed by atoms with van der Waals surface area (Å²) < 4.78 is 24.6. The number of hydrogen-bond acceptors (Lipinski definition) is 5. The zero-order valence-corrected chi connectivity index (χ0v) is 14.7. The van der Waals surface area contributed by atoms with Gasteiger partial charge in [-0.1, -0.05) is 12.1 Å². The lowest BCUT2D eigenvalue weighted by atomic mass is 10.1. The molecule has 5 nitrogen and oxygen atoms in total. The van der Waals surface area contributed by atoms with Gasteiger partial charge in [0.15, 0.2) is 0 Å². The Morgan fingerprint density at radius 3 is 2.76 bits per heavy atom. The quantitative estimate of drug-likeness (QED) is 0.871. The summed E-state index contributed by atoms with van der Waals surface area (Å²) in [6, 6.07) is 5.85. The van der Waals surface area contributed by atoms with Crippen LogP contribution < -0.4 is 10.1 Å². The molecular weight excluding hydrogens is 323 g/mol. The molecule has 0 aliphatic carbocycles. The van der Waals surface area contributed by atoms with Gasteiger partial charge in [-0.15, -0.1) is 0 Å². The number of pyridine rings is 1. The number of aromatic nitrogens is 1. The van der Waals surface area contributed by atoms with Crippen LogP contribution in [0.1, 0.15) is 42.3 Å². The number of fused-ring (bicyclic) bond motifs is 1. The molecule has 1 aliphatic heterocycles. The van der Waals surface area contributed by atoms with Crippen molar-refractivity contribution in [2.45, 2.75) is 45.8 Å². The maximum absolute atomic E-state index is 12.9. The lowest BCUT2D eigenvalue weighted by molar-refractivity contribution is -0.180. The van der Waals surface area contributed by atoms with Crippen LogP contribution in [0.2, 0.25) is 0 Å². The molecule has 0 spiro atoms. The van der Waals surface area contributed by atoms with E-state index in [4.69, 9.17) is 9.47 Å². The zero-order chi connectivity index (χ0) is 18.0. The Bertz CT molecular complexity index is 747. The van der Waals surface area contributed by atoms with Crippen LogP contribution in [0, 0.1) is 12.7 Å². The fourth-order valence-corrected chi connectivity index (χ4v) is 2.79. The van der Waals surface area contributed by atoms with Crippen molar-refractivity contribution in [3.63, 3.8) is 0 Å². The van der Waals surface area contributed by atoms with E-state index in [1.165, 1.54) is 12.1 Å².